The molecule has 1 atom stereocenters. The Morgan fingerprint density at radius 1 is 1.03 bits per heavy atom. The van der Waals surface area contributed by atoms with E-state index in [1.54, 1.807) is 0 Å². The van der Waals surface area contributed by atoms with Crippen molar-refractivity contribution < 1.29 is 4.79 Å². The molecular formula is C28H31N5O. The molecule has 1 fully saturated rings. The molecule has 1 aliphatic rings. The van der Waals surface area contributed by atoms with E-state index in [9.17, 15) is 4.79 Å². The van der Waals surface area contributed by atoms with Crippen LogP contribution < -0.4 is 0 Å². The van der Waals surface area contributed by atoms with Crippen LogP contribution in [-0.2, 0) is 17.8 Å². The number of rotatable bonds is 8. The number of H-pyrrole nitrogens is 1. The maximum absolute atomic E-state index is 13.1. The van der Waals surface area contributed by atoms with Crippen molar-refractivity contribution in [2.24, 2.45) is 0 Å². The second-order valence-electron chi connectivity index (χ2n) is 8.98. The number of nitrogens with one attached hydrogen (secondary N) is 1. The number of aromatic amines is 1. The number of amides is 1. The van der Waals surface area contributed by atoms with Gasteiger partial charge in [-0.15, -0.1) is 0 Å². The van der Waals surface area contributed by atoms with Crippen LogP contribution in [0.4, 0.5) is 0 Å². The summed E-state index contributed by atoms with van der Waals surface area (Å²) in [6.07, 6.45) is 10.0. The van der Waals surface area contributed by atoms with E-state index in [2.05, 4.69) is 70.5 Å². The first-order valence-electron chi connectivity index (χ1n) is 12.2. The fourth-order valence-electron chi connectivity index (χ4n) is 4.75. The molecule has 6 nitrogen and oxygen atoms in total. The van der Waals surface area contributed by atoms with Gasteiger partial charge in [-0.3, -0.25) is 9.48 Å². The zero-order valence-electron chi connectivity index (χ0n) is 19.7. The van der Waals surface area contributed by atoms with E-state index in [-0.39, 0.29) is 11.9 Å². The molecule has 0 saturated carbocycles. The molecule has 1 saturated heterocycles. The number of hydrogen-bond acceptors (Lipinski definition) is 3. The third kappa shape index (κ3) is 4.81. The highest BCUT2D eigenvalue weighted by Gasteiger charge is 2.31. The van der Waals surface area contributed by atoms with Gasteiger partial charge < -0.3 is 9.88 Å². The Morgan fingerprint density at radius 3 is 2.62 bits per heavy atom. The molecule has 4 aromatic rings. The zero-order valence-corrected chi connectivity index (χ0v) is 19.7. The second-order valence-corrected chi connectivity index (χ2v) is 8.98. The van der Waals surface area contributed by atoms with Gasteiger partial charge in [0.25, 0.3) is 0 Å². The van der Waals surface area contributed by atoms with E-state index in [0.717, 1.165) is 55.9 Å². The molecule has 174 valence electrons. The van der Waals surface area contributed by atoms with Crippen LogP contribution in [0.15, 0.2) is 73.2 Å². The van der Waals surface area contributed by atoms with Crippen molar-refractivity contribution in [2.45, 2.75) is 51.6 Å². The van der Waals surface area contributed by atoms with Crippen molar-refractivity contribution >= 4 is 5.91 Å². The van der Waals surface area contributed by atoms with Gasteiger partial charge in [-0.05, 0) is 42.4 Å². The molecule has 0 unspecified atom stereocenters. The van der Waals surface area contributed by atoms with Crippen LogP contribution in [0, 0.1) is 0 Å². The summed E-state index contributed by atoms with van der Waals surface area (Å²) in [6.45, 7) is 3.84. The molecule has 1 aliphatic heterocycles. The van der Waals surface area contributed by atoms with Crippen molar-refractivity contribution in [1.29, 1.82) is 0 Å². The number of benzene rings is 2. The minimum absolute atomic E-state index is 0.0207. The normalized spacial score (nSPS) is 15.7. The zero-order chi connectivity index (χ0) is 23.3. The predicted octanol–water partition coefficient (Wildman–Crippen LogP) is 5.65. The Labute approximate surface area is 200 Å². The van der Waals surface area contributed by atoms with E-state index < -0.39 is 0 Å². The molecule has 0 radical (unpaired) electrons. The van der Waals surface area contributed by atoms with E-state index >= 15 is 0 Å². The summed E-state index contributed by atoms with van der Waals surface area (Å²) in [5.74, 6) is 1.07. The third-order valence-electron chi connectivity index (χ3n) is 6.57. The molecule has 1 N–H and O–H groups in total. The summed E-state index contributed by atoms with van der Waals surface area (Å²) >= 11 is 0. The van der Waals surface area contributed by atoms with E-state index in [0.29, 0.717) is 6.42 Å². The van der Waals surface area contributed by atoms with Gasteiger partial charge in [-0.2, -0.15) is 5.10 Å². The largest absolute Gasteiger partial charge is 0.340 e. The fraction of sp³-hybridized carbons (Fsp3) is 0.321. The molecule has 34 heavy (non-hydrogen) atoms. The first-order chi connectivity index (χ1) is 16.7. The number of nitrogens with zero attached hydrogens (tertiary/aromatic N) is 4. The highest BCUT2D eigenvalue weighted by molar-refractivity contribution is 5.77. The smallest absolute Gasteiger partial charge is 0.223 e. The Kier molecular flexibility index (Phi) is 6.56. The van der Waals surface area contributed by atoms with Crippen molar-refractivity contribution in [3.63, 3.8) is 0 Å². The van der Waals surface area contributed by atoms with E-state index in [1.807, 2.05) is 34.2 Å². The van der Waals surface area contributed by atoms with Gasteiger partial charge in [-0.1, -0.05) is 61.5 Å². The SMILES string of the molecule is CCCn1cc(-c2cnc([C@@H]3CCCN3C(=O)CCc3ccc(-c4ccccc4)cc3)[nH]2)cn1. The monoisotopic (exact) mass is 453 g/mol. The van der Waals surface area contributed by atoms with Crippen LogP contribution in [0.2, 0.25) is 0 Å². The van der Waals surface area contributed by atoms with Gasteiger partial charge in [0.15, 0.2) is 0 Å². The highest BCUT2D eigenvalue weighted by atomic mass is 16.2. The van der Waals surface area contributed by atoms with Crippen molar-refractivity contribution in [3.05, 3.63) is 84.6 Å². The molecule has 1 amide bonds. The van der Waals surface area contributed by atoms with Gasteiger partial charge in [-0.25, -0.2) is 4.98 Å². The number of hydrogen-bond donors (Lipinski definition) is 1. The van der Waals surface area contributed by atoms with Gasteiger partial charge in [0.2, 0.25) is 5.91 Å². The summed E-state index contributed by atoms with van der Waals surface area (Å²) < 4.78 is 1.95. The molecule has 0 aliphatic carbocycles. The average Bonchev–Trinajstić information content (AvgIpc) is 3.64. The van der Waals surface area contributed by atoms with Gasteiger partial charge >= 0.3 is 0 Å². The van der Waals surface area contributed by atoms with Crippen LogP contribution in [0.1, 0.15) is 50.0 Å². The van der Waals surface area contributed by atoms with Gasteiger partial charge in [0, 0.05) is 31.3 Å². The molecule has 3 heterocycles. The summed E-state index contributed by atoms with van der Waals surface area (Å²) in [7, 11) is 0. The lowest BCUT2D eigenvalue weighted by molar-refractivity contribution is -0.132. The number of likely N-dealkylation sites (tertiary alicyclic amines) is 1. The quantitative estimate of drug-likeness (QED) is 0.375. The molecular weight excluding hydrogens is 422 g/mol. The number of aromatic nitrogens is 4. The van der Waals surface area contributed by atoms with Crippen LogP contribution in [0.25, 0.3) is 22.4 Å². The van der Waals surface area contributed by atoms with Gasteiger partial charge in [0.1, 0.15) is 5.82 Å². The van der Waals surface area contributed by atoms with Crippen molar-refractivity contribution in [1.82, 2.24) is 24.6 Å². The number of carbonyl (C=O) groups is 1. The maximum Gasteiger partial charge on any atom is 0.223 e. The maximum atomic E-state index is 13.1. The first kappa shape index (κ1) is 22.1. The number of imidazole rings is 1. The first-order valence-corrected chi connectivity index (χ1v) is 12.2. The Morgan fingerprint density at radius 2 is 1.82 bits per heavy atom. The molecule has 6 heteroatoms. The fourth-order valence-corrected chi connectivity index (χ4v) is 4.75. The topological polar surface area (TPSA) is 66.8 Å². The lowest BCUT2D eigenvalue weighted by Crippen LogP contribution is -2.31. The summed E-state index contributed by atoms with van der Waals surface area (Å²) in [5.41, 5.74) is 5.58. The van der Waals surface area contributed by atoms with Crippen LogP contribution in [-0.4, -0.2) is 37.1 Å². The Hall–Kier alpha value is -3.67. The lowest BCUT2D eigenvalue weighted by atomic mass is 10.0. The van der Waals surface area contributed by atoms with Crippen molar-refractivity contribution in [2.75, 3.05) is 6.54 Å². The van der Waals surface area contributed by atoms with Crippen LogP contribution in [0.5, 0.6) is 0 Å². The summed E-state index contributed by atoms with van der Waals surface area (Å²) in [4.78, 5) is 23.2. The Bertz CT molecular complexity index is 1230. The highest BCUT2D eigenvalue weighted by Crippen LogP contribution is 2.32. The van der Waals surface area contributed by atoms with Crippen molar-refractivity contribution in [3.8, 4) is 22.4 Å². The minimum atomic E-state index is 0.0207. The molecule has 2 aromatic carbocycles. The van der Waals surface area contributed by atoms with Crippen LogP contribution >= 0.6 is 0 Å². The minimum Gasteiger partial charge on any atom is -0.340 e. The van der Waals surface area contributed by atoms with Crippen LogP contribution in [0.3, 0.4) is 0 Å². The van der Waals surface area contributed by atoms with E-state index in [4.69, 9.17) is 0 Å². The average molecular weight is 454 g/mol. The second kappa shape index (κ2) is 10.1. The number of carbonyl (C=O) groups excluding carboxylic acids is 1. The predicted molar refractivity (Wildman–Crippen MR) is 134 cm³/mol. The third-order valence-corrected chi connectivity index (χ3v) is 6.57. The lowest BCUT2D eigenvalue weighted by Gasteiger charge is -2.23. The number of aryl methyl sites for hydroxylation is 2. The molecule has 0 bridgehead atoms. The van der Waals surface area contributed by atoms with Gasteiger partial charge in [0.05, 0.1) is 24.1 Å². The standard InChI is InChI=1S/C28H31N5O/c1-2-16-32-20-24(18-30-32)25-19-29-28(31-25)26-9-6-17-33(26)27(34)15-12-21-10-13-23(14-11-21)22-7-4-3-5-8-22/h3-5,7-8,10-11,13-14,18-20,26H,2,6,9,12,15-17H2,1H3,(H,29,31)/t26-/m0/s1. The molecule has 0 spiro atoms. The summed E-state index contributed by atoms with van der Waals surface area (Å²) in [5, 5.41) is 4.41. The summed E-state index contributed by atoms with van der Waals surface area (Å²) in [6, 6.07) is 18.9. The molecule has 2 aromatic heterocycles. The van der Waals surface area contributed by atoms with E-state index in [1.165, 1.54) is 16.7 Å². The Balaban J connectivity index is 1.21. The molecule has 5 rings (SSSR count).